The maximum atomic E-state index is 12.9. The van der Waals surface area contributed by atoms with Crippen molar-refractivity contribution in [3.63, 3.8) is 0 Å². The molecule has 7 heteroatoms. The molecule has 1 aliphatic rings. The highest BCUT2D eigenvalue weighted by Gasteiger charge is 2.27. The summed E-state index contributed by atoms with van der Waals surface area (Å²) in [5.41, 5.74) is 2.40. The molecule has 2 amide bonds. The Balaban J connectivity index is 1.44. The normalized spacial score (nSPS) is 12.6. The van der Waals surface area contributed by atoms with Gasteiger partial charge in [-0.3, -0.25) is 9.59 Å². The van der Waals surface area contributed by atoms with Crippen LogP contribution in [0.15, 0.2) is 53.1 Å². The molecule has 2 heterocycles. The molecule has 4 rings (SSSR count). The fraction of sp³-hybridized carbons (Fsp3) is 0.238. The minimum absolute atomic E-state index is 0.142. The predicted molar refractivity (Wildman–Crippen MR) is 110 cm³/mol. The Morgan fingerprint density at radius 1 is 1.04 bits per heavy atom. The number of benzene rings is 1. The van der Waals surface area contributed by atoms with E-state index in [1.54, 1.807) is 6.26 Å². The summed E-state index contributed by atoms with van der Waals surface area (Å²) in [5, 5.41) is 9.52. The molecule has 28 heavy (non-hydrogen) atoms. The van der Waals surface area contributed by atoms with Crippen molar-refractivity contribution >= 4 is 33.8 Å². The molecule has 1 aliphatic carbocycles. The molecule has 0 aliphatic heterocycles. The molecule has 0 radical (unpaired) electrons. The van der Waals surface area contributed by atoms with Gasteiger partial charge in [0.25, 0.3) is 5.91 Å². The van der Waals surface area contributed by atoms with Crippen LogP contribution in [-0.2, 0) is 24.2 Å². The van der Waals surface area contributed by atoms with Crippen LogP contribution in [0.2, 0.25) is 0 Å². The van der Waals surface area contributed by atoms with E-state index in [9.17, 15) is 9.59 Å². The number of carbonyl (C=O) groups is 2. The van der Waals surface area contributed by atoms with E-state index in [4.69, 9.17) is 4.42 Å². The smallest absolute Gasteiger partial charge is 0.258 e. The summed E-state index contributed by atoms with van der Waals surface area (Å²) in [5.74, 6) is 0.413. The van der Waals surface area contributed by atoms with E-state index >= 15 is 0 Å². The largest absolute Gasteiger partial charge is 0.468 e. The third-order valence-corrected chi connectivity index (χ3v) is 5.81. The van der Waals surface area contributed by atoms with Crippen molar-refractivity contribution in [3.05, 3.63) is 70.5 Å². The number of rotatable bonds is 7. The van der Waals surface area contributed by atoms with E-state index < -0.39 is 0 Å². The topological polar surface area (TPSA) is 83.4 Å². The van der Waals surface area contributed by atoms with Gasteiger partial charge in [-0.1, -0.05) is 18.2 Å². The summed E-state index contributed by atoms with van der Waals surface area (Å²) in [4.78, 5) is 26.5. The van der Waals surface area contributed by atoms with Crippen LogP contribution in [0, 0.1) is 0 Å². The molecular weight excluding hydrogens is 374 g/mol. The second-order valence-electron chi connectivity index (χ2n) is 6.61. The number of hydrogen-bond acceptors (Lipinski definition) is 5. The maximum Gasteiger partial charge on any atom is 0.258 e. The summed E-state index contributed by atoms with van der Waals surface area (Å²) in [6, 6.07) is 13.0. The summed E-state index contributed by atoms with van der Waals surface area (Å²) in [6.45, 7) is 0.617. The van der Waals surface area contributed by atoms with Gasteiger partial charge < -0.3 is 20.4 Å². The Kier molecular flexibility index (Phi) is 5.55. The number of aryl methyl sites for hydroxylation is 1. The van der Waals surface area contributed by atoms with Gasteiger partial charge in [0.15, 0.2) is 0 Å². The van der Waals surface area contributed by atoms with Gasteiger partial charge in [0.1, 0.15) is 10.8 Å². The standard InChI is InChI=1S/C21H21N3O3S/c25-18(13-22-12-15-8-5-11-27-15)24-21-19(16-9-4-10-17(16)28-21)20(26)23-14-6-2-1-3-7-14/h1-3,5-8,11,22H,4,9-10,12-13H2,(H,23,26)(H,24,25). The maximum absolute atomic E-state index is 12.9. The highest BCUT2D eigenvalue weighted by atomic mass is 32.1. The molecular formula is C21H21N3O3S. The first-order chi connectivity index (χ1) is 13.7. The summed E-state index contributed by atoms with van der Waals surface area (Å²) < 4.78 is 5.24. The molecule has 0 spiro atoms. The van der Waals surface area contributed by atoms with E-state index in [2.05, 4.69) is 16.0 Å². The quantitative estimate of drug-likeness (QED) is 0.568. The summed E-state index contributed by atoms with van der Waals surface area (Å²) >= 11 is 1.51. The van der Waals surface area contributed by atoms with Crippen LogP contribution < -0.4 is 16.0 Å². The number of hydrogen-bond donors (Lipinski definition) is 3. The van der Waals surface area contributed by atoms with Crippen molar-refractivity contribution < 1.29 is 14.0 Å². The highest BCUT2D eigenvalue weighted by Crippen LogP contribution is 2.39. The molecule has 144 valence electrons. The molecule has 3 N–H and O–H groups in total. The van der Waals surface area contributed by atoms with Crippen molar-refractivity contribution in [1.82, 2.24) is 5.32 Å². The molecule has 0 saturated heterocycles. The summed E-state index contributed by atoms with van der Waals surface area (Å²) in [6.07, 6.45) is 4.47. The molecule has 0 saturated carbocycles. The lowest BCUT2D eigenvalue weighted by Gasteiger charge is -2.10. The van der Waals surface area contributed by atoms with Gasteiger partial charge in [0.2, 0.25) is 5.91 Å². The zero-order valence-electron chi connectivity index (χ0n) is 15.3. The van der Waals surface area contributed by atoms with Gasteiger partial charge in [-0.2, -0.15) is 0 Å². The average Bonchev–Trinajstić information content (AvgIpc) is 3.40. The Bertz CT molecular complexity index is 964. The van der Waals surface area contributed by atoms with Crippen LogP contribution in [0.25, 0.3) is 0 Å². The Morgan fingerprint density at radius 3 is 2.68 bits per heavy atom. The lowest BCUT2D eigenvalue weighted by Crippen LogP contribution is -2.28. The van der Waals surface area contributed by atoms with Crippen LogP contribution in [0.4, 0.5) is 10.7 Å². The Morgan fingerprint density at radius 2 is 1.89 bits per heavy atom. The summed E-state index contributed by atoms with van der Waals surface area (Å²) in [7, 11) is 0. The van der Waals surface area contributed by atoms with Crippen molar-refractivity contribution in [3.8, 4) is 0 Å². The van der Waals surface area contributed by atoms with Crippen molar-refractivity contribution in [2.75, 3.05) is 17.2 Å². The third-order valence-electron chi connectivity index (χ3n) is 4.60. The zero-order valence-corrected chi connectivity index (χ0v) is 16.1. The monoisotopic (exact) mass is 395 g/mol. The highest BCUT2D eigenvalue weighted by molar-refractivity contribution is 7.17. The van der Waals surface area contributed by atoms with Crippen LogP contribution in [0.3, 0.4) is 0 Å². The van der Waals surface area contributed by atoms with Crippen molar-refractivity contribution in [2.45, 2.75) is 25.8 Å². The van der Waals surface area contributed by atoms with Crippen LogP contribution in [0.5, 0.6) is 0 Å². The van der Waals surface area contributed by atoms with Crippen LogP contribution >= 0.6 is 11.3 Å². The minimum atomic E-state index is -0.180. The molecule has 1 aromatic carbocycles. The van der Waals surface area contributed by atoms with Gasteiger partial charge >= 0.3 is 0 Å². The number of thiophene rings is 1. The molecule has 0 atom stereocenters. The molecule has 6 nitrogen and oxygen atoms in total. The van der Waals surface area contributed by atoms with E-state index in [1.165, 1.54) is 16.2 Å². The molecule has 0 bridgehead atoms. The van der Waals surface area contributed by atoms with E-state index in [0.29, 0.717) is 17.1 Å². The number of anilines is 2. The van der Waals surface area contributed by atoms with Gasteiger partial charge in [0.05, 0.1) is 24.9 Å². The van der Waals surface area contributed by atoms with Gasteiger partial charge in [0, 0.05) is 10.6 Å². The number of fused-ring (bicyclic) bond motifs is 1. The molecule has 2 aromatic heterocycles. The fourth-order valence-corrected chi connectivity index (χ4v) is 4.63. The first-order valence-electron chi connectivity index (χ1n) is 9.24. The lowest BCUT2D eigenvalue weighted by atomic mass is 10.1. The number of carbonyl (C=O) groups excluding carboxylic acids is 2. The Labute approximate surface area is 167 Å². The lowest BCUT2D eigenvalue weighted by molar-refractivity contribution is -0.115. The SMILES string of the molecule is O=C(CNCc1ccco1)Nc1sc2c(c1C(=O)Nc1ccccc1)CCC2. The van der Waals surface area contributed by atoms with E-state index in [0.717, 1.165) is 36.3 Å². The number of nitrogens with one attached hydrogen (secondary N) is 3. The second kappa shape index (κ2) is 8.41. The average molecular weight is 395 g/mol. The van der Waals surface area contributed by atoms with E-state index in [1.807, 2.05) is 42.5 Å². The van der Waals surface area contributed by atoms with Gasteiger partial charge in [-0.15, -0.1) is 11.3 Å². The predicted octanol–water partition coefficient (Wildman–Crippen LogP) is 3.81. The zero-order chi connectivity index (χ0) is 19.3. The number of para-hydroxylation sites is 1. The molecule has 3 aromatic rings. The number of amides is 2. The van der Waals surface area contributed by atoms with Gasteiger partial charge in [-0.05, 0) is 49.1 Å². The van der Waals surface area contributed by atoms with Crippen LogP contribution in [0.1, 0.15) is 33.0 Å². The van der Waals surface area contributed by atoms with Gasteiger partial charge in [-0.25, -0.2) is 0 Å². The third kappa shape index (κ3) is 4.16. The molecule has 0 fully saturated rings. The van der Waals surface area contributed by atoms with Crippen LogP contribution in [-0.4, -0.2) is 18.4 Å². The minimum Gasteiger partial charge on any atom is -0.468 e. The molecule has 0 unspecified atom stereocenters. The Hall–Kier alpha value is -2.90. The second-order valence-corrected chi connectivity index (χ2v) is 7.72. The van der Waals surface area contributed by atoms with Crippen molar-refractivity contribution in [2.24, 2.45) is 0 Å². The first-order valence-corrected chi connectivity index (χ1v) is 10.1. The first kappa shape index (κ1) is 18.5. The fourth-order valence-electron chi connectivity index (χ4n) is 3.33. The van der Waals surface area contributed by atoms with E-state index in [-0.39, 0.29) is 18.4 Å². The number of furan rings is 1. The van der Waals surface area contributed by atoms with Crippen molar-refractivity contribution in [1.29, 1.82) is 0 Å².